The van der Waals surface area contributed by atoms with Gasteiger partial charge in [-0.15, -0.1) is 0 Å². The Morgan fingerprint density at radius 2 is 1.78 bits per heavy atom. The fourth-order valence-electron chi connectivity index (χ4n) is 5.47. The number of hydrogen-bond acceptors (Lipinski definition) is 7. The van der Waals surface area contributed by atoms with E-state index in [0.29, 0.717) is 18.8 Å². The van der Waals surface area contributed by atoms with Gasteiger partial charge in [0.15, 0.2) is 5.76 Å². The zero-order valence-electron chi connectivity index (χ0n) is 21.1. The van der Waals surface area contributed by atoms with Crippen molar-refractivity contribution in [2.75, 3.05) is 44.2 Å². The first-order valence-corrected chi connectivity index (χ1v) is 13.7. The van der Waals surface area contributed by atoms with Crippen LogP contribution in [0.5, 0.6) is 0 Å². The van der Waals surface area contributed by atoms with Gasteiger partial charge in [0.2, 0.25) is 15.9 Å². The lowest BCUT2D eigenvalue weighted by atomic mass is 9.89. The van der Waals surface area contributed by atoms with Gasteiger partial charge < -0.3 is 18.7 Å². The van der Waals surface area contributed by atoms with E-state index in [2.05, 4.69) is 42.1 Å². The SMILES string of the molecule is Cc1ccc(C)c(N2CCN(C(=O)[C@@H]3CN(S(=O)(=O)c4c(C)noc4C)CC3c3ccoc3)CC2)c1. The van der Waals surface area contributed by atoms with Crippen molar-refractivity contribution in [2.24, 2.45) is 5.92 Å². The Kier molecular flexibility index (Phi) is 6.42. The number of aryl methyl sites for hydroxylation is 4. The predicted molar refractivity (Wildman–Crippen MR) is 134 cm³/mol. The van der Waals surface area contributed by atoms with Crippen molar-refractivity contribution in [2.45, 2.75) is 38.5 Å². The predicted octanol–water partition coefficient (Wildman–Crippen LogP) is 3.25. The van der Waals surface area contributed by atoms with Crippen molar-refractivity contribution in [3.8, 4) is 0 Å². The number of rotatable bonds is 5. The summed E-state index contributed by atoms with van der Waals surface area (Å²) in [6.07, 6.45) is 3.17. The van der Waals surface area contributed by atoms with Crippen molar-refractivity contribution >= 4 is 21.6 Å². The second-order valence-electron chi connectivity index (χ2n) is 9.85. The molecule has 0 spiro atoms. The highest BCUT2D eigenvalue weighted by Crippen LogP contribution is 2.38. The lowest BCUT2D eigenvalue weighted by Gasteiger charge is -2.38. The summed E-state index contributed by atoms with van der Waals surface area (Å²) in [5.74, 6) is -0.545. The minimum atomic E-state index is -3.86. The molecular formula is C26H32N4O5S. The number of amides is 1. The lowest BCUT2D eigenvalue weighted by molar-refractivity contribution is -0.135. The second-order valence-corrected chi connectivity index (χ2v) is 11.7. The van der Waals surface area contributed by atoms with Gasteiger partial charge in [0.1, 0.15) is 10.6 Å². The van der Waals surface area contributed by atoms with Crippen molar-refractivity contribution in [3.63, 3.8) is 0 Å². The van der Waals surface area contributed by atoms with Crippen LogP contribution < -0.4 is 4.90 Å². The molecule has 0 saturated carbocycles. The largest absolute Gasteiger partial charge is 0.472 e. The second kappa shape index (κ2) is 9.40. The number of hydrogen-bond donors (Lipinski definition) is 0. The van der Waals surface area contributed by atoms with Gasteiger partial charge in [-0.05, 0) is 56.5 Å². The Morgan fingerprint density at radius 3 is 2.42 bits per heavy atom. The lowest BCUT2D eigenvalue weighted by Crippen LogP contribution is -2.51. The van der Waals surface area contributed by atoms with Crippen molar-refractivity contribution in [1.82, 2.24) is 14.4 Å². The van der Waals surface area contributed by atoms with Crippen LogP contribution in [0.3, 0.4) is 0 Å². The van der Waals surface area contributed by atoms with Gasteiger partial charge in [-0.2, -0.15) is 4.31 Å². The monoisotopic (exact) mass is 512 g/mol. The Labute approximate surface area is 211 Å². The Bertz CT molecular complexity index is 1340. The topological polar surface area (TPSA) is 100 Å². The molecule has 2 aromatic heterocycles. The summed E-state index contributed by atoms with van der Waals surface area (Å²) in [6.45, 7) is 10.4. The molecule has 2 aliphatic heterocycles. The third kappa shape index (κ3) is 4.32. The molecule has 1 amide bonds. The van der Waals surface area contributed by atoms with E-state index >= 15 is 0 Å². The zero-order chi connectivity index (χ0) is 25.6. The van der Waals surface area contributed by atoms with E-state index in [1.807, 2.05) is 11.0 Å². The normalized spacial score (nSPS) is 21.3. The molecule has 0 bridgehead atoms. The number of nitrogens with zero attached hydrogens (tertiary/aromatic N) is 4. The molecule has 0 N–H and O–H groups in total. The molecule has 0 radical (unpaired) electrons. The summed E-state index contributed by atoms with van der Waals surface area (Å²) in [7, 11) is -3.86. The average molecular weight is 513 g/mol. The molecule has 2 atom stereocenters. The Morgan fingerprint density at radius 1 is 1.03 bits per heavy atom. The average Bonchev–Trinajstić information content (AvgIpc) is 3.60. The number of anilines is 1. The summed E-state index contributed by atoms with van der Waals surface area (Å²) >= 11 is 0. The molecule has 5 rings (SSSR count). The minimum Gasteiger partial charge on any atom is -0.472 e. The molecule has 2 aliphatic rings. The van der Waals surface area contributed by atoms with Crippen LogP contribution in [0.1, 0.15) is 34.1 Å². The number of furan rings is 1. The van der Waals surface area contributed by atoms with Crippen molar-refractivity contribution < 1.29 is 22.2 Å². The first-order valence-electron chi connectivity index (χ1n) is 12.2. The fraction of sp³-hybridized carbons (Fsp3) is 0.462. The summed E-state index contributed by atoms with van der Waals surface area (Å²) in [5.41, 5.74) is 4.79. The molecule has 9 nitrogen and oxygen atoms in total. The van der Waals surface area contributed by atoms with Gasteiger partial charge in [0.25, 0.3) is 0 Å². The first-order chi connectivity index (χ1) is 17.2. The number of carbonyl (C=O) groups excluding carboxylic acids is 1. The third-order valence-electron chi connectivity index (χ3n) is 7.44. The van der Waals surface area contributed by atoms with E-state index < -0.39 is 15.9 Å². The van der Waals surface area contributed by atoms with Crippen LogP contribution in [0.15, 0.2) is 50.6 Å². The molecule has 10 heteroatoms. The van der Waals surface area contributed by atoms with Gasteiger partial charge in [-0.3, -0.25) is 4.79 Å². The molecule has 2 fully saturated rings. The van der Waals surface area contributed by atoms with Gasteiger partial charge in [0.05, 0.1) is 18.4 Å². The van der Waals surface area contributed by atoms with E-state index in [1.165, 1.54) is 21.1 Å². The summed E-state index contributed by atoms with van der Waals surface area (Å²) < 4.78 is 38.9. The molecular weight excluding hydrogens is 480 g/mol. The summed E-state index contributed by atoms with van der Waals surface area (Å²) in [5, 5.41) is 3.82. The number of aromatic nitrogens is 1. The number of carbonyl (C=O) groups is 1. The quantitative estimate of drug-likeness (QED) is 0.517. The van der Waals surface area contributed by atoms with Crippen LogP contribution >= 0.6 is 0 Å². The molecule has 2 saturated heterocycles. The van der Waals surface area contributed by atoms with Crippen LogP contribution in [0.2, 0.25) is 0 Å². The van der Waals surface area contributed by atoms with Crippen molar-refractivity contribution in [1.29, 1.82) is 0 Å². The van der Waals surface area contributed by atoms with Gasteiger partial charge in [-0.1, -0.05) is 17.3 Å². The Hall–Kier alpha value is -3.11. The minimum absolute atomic E-state index is 0.0155. The van der Waals surface area contributed by atoms with Gasteiger partial charge in [-0.25, -0.2) is 8.42 Å². The highest BCUT2D eigenvalue weighted by molar-refractivity contribution is 7.89. The van der Waals surface area contributed by atoms with Crippen LogP contribution in [-0.2, 0) is 14.8 Å². The zero-order valence-corrected chi connectivity index (χ0v) is 21.9. The maximum absolute atomic E-state index is 13.8. The molecule has 3 aromatic rings. The van der Waals surface area contributed by atoms with E-state index in [4.69, 9.17) is 8.94 Å². The van der Waals surface area contributed by atoms with E-state index in [1.54, 1.807) is 26.4 Å². The van der Waals surface area contributed by atoms with Gasteiger partial charge >= 0.3 is 0 Å². The van der Waals surface area contributed by atoms with Gasteiger partial charge in [0, 0.05) is 50.9 Å². The number of benzene rings is 1. The third-order valence-corrected chi connectivity index (χ3v) is 9.51. The molecule has 192 valence electrons. The van der Waals surface area contributed by atoms with Crippen molar-refractivity contribution in [3.05, 3.63) is 64.9 Å². The van der Waals surface area contributed by atoms with E-state index in [0.717, 1.165) is 18.7 Å². The fourth-order valence-corrected chi connectivity index (χ4v) is 7.26. The summed E-state index contributed by atoms with van der Waals surface area (Å²) in [6, 6.07) is 8.24. The molecule has 36 heavy (non-hydrogen) atoms. The maximum Gasteiger partial charge on any atom is 0.248 e. The standard InChI is InChI=1S/C26H32N4O5S/c1-17-5-6-18(2)24(13-17)28-8-10-29(11-9-28)26(31)23-15-30(14-22(23)21-7-12-34-16-21)36(32,33)25-19(3)27-35-20(25)4/h5-7,12-13,16,22-23H,8-11,14-15H2,1-4H3/t22?,23-/m1/s1. The smallest absolute Gasteiger partial charge is 0.248 e. The Balaban J connectivity index is 1.36. The van der Waals surface area contributed by atoms with Crippen LogP contribution in [0.4, 0.5) is 5.69 Å². The maximum atomic E-state index is 13.8. The van der Waals surface area contributed by atoms with Crippen LogP contribution in [0.25, 0.3) is 0 Å². The van der Waals surface area contributed by atoms with Crippen LogP contribution in [0, 0.1) is 33.6 Å². The molecule has 4 heterocycles. The molecule has 1 aromatic carbocycles. The van der Waals surface area contributed by atoms with Crippen LogP contribution in [-0.4, -0.2) is 68.0 Å². The van der Waals surface area contributed by atoms with E-state index in [9.17, 15) is 13.2 Å². The molecule has 0 aliphatic carbocycles. The molecule has 1 unspecified atom stereocenters. The summed E-state index contributed by atoms with van der Waals surface area (Å²) in [4.78, 5) is 18.1. The highest BCUT2D eigenvalue weighted by atomic mass is 32.2. The highest BCUT2D eigenvalue weighted by Gasteiger charge is 2.46. The number of piperazine rings is 1. The first kappa shape index (κ1) is 24.6. The van der Waals surface area contributed by atoms with E-state index in [-0.39, 0.29) is 35.6 Å². The number of sulfonamides is 1.